The van der Waals surface area contributed by atoms with Gasteiger partial charge in [-0.15, -0.1) is 0 Å². The number of carbonyl (C=O) groups excluding carboxylic acids is 2. The van der Waals surface area contributed by atoms with Gasteiger partial charge in [0, 0.05) is 23.5 Å². The van der Waals surface area contributed by atoms with Gasteiger partial charge in [0.1, 0.15) is 5.75 Å². The van der Waals surface area contributed by atoms with Crippen molar-refractivity contribution in [2.75, 3.05) is 17.2 Å². The van der Waals surface area contributed by atoms with E-state index in [1.807, 2.05) is 0 Å². The predicted molar refractivity (Wildman–Crippen MR) is 102 cm³/mol. The summed E-state index contributed by atoms with van der Waals surface area (Å²) in [5, 5.41) is 9.06. The molecule has 0 saturated heterocycles. The number of hydrogen-bond donors (Lipinski definition) is 3. The molecule has 1 saturated carbocycles. The van der Waals surface area contributed by atoms with Gasteiger partial charge in [0.05, 0.1) is 10.0 Å². The highest BCUT2D eigenvalue weighted by Gasteiger charge is 2.23. The third-order valence-corrected chi connectivity index (χ3v) is 4.34. The standard InChI is InChI=1S/C18H17Cl2N3O3/c19-15-8-7-14(9-16(15)20)26-10-17(24)21-11-1-3-12(4-2-11)22-18(25)23-13-5-6-13/h1-4,7-9,13H,5-6,10H2,(H,21,24)(H2,22,23,25). The molecule has 2 aromatic carbocycles. The van der Waals surface area contributed by atoms with E-state index in [1.165, 1.54) is 0 Å². The normalized spacial score (nSPS) is 13.0. The lowest BCUT2D eigenvalue weighted by atomic mass is 10.3. The first-order chi connectivity index (χ1) is 12.5. The van der Waals surface area contributed by atoms with E-state index in [2.05, 4.69) is 16.0 Å². The third-order valence-electron chi connectivity index (χ3n) is 3.60. The summed E-state index contributed by atoms with van der Waals surface area (Å²) >= 11 is 11.7. The first-order valence-corrected chi connectivity index (χ1v) is 8.80. The van der Waals surface area contributed by atoms with Crippen LogP contribution in [-0.2, 0) is 4.79 Å². The minimum atomic E-state index is -0.316. The Hall–Kier alpha value is -2.44. The lowest BCUT2D eigenvalue weighted by Gasteiger charge is -2.10. The molecule has 1 aliphatic rings. The van der Waals surface area contributed by atoms with E-state index >= 15 is 0 Å². The van der Waals surface area contributed by atoms with Crippen LogP contribution in [0.5, 0.6) is 5.75 Å². The van der Waals surface area contributed by atoms with Gasteiger partial charge in [-0.25, -0.2) is 4.79 Å². The van der Waals surface area contributed by atoms with Crippen molar-refractivity contribution in [3.05, 3.63) is 52.5 Å². The van der Waals surface area contributed by atoms with Crippen molar-refractivity contribution in [3.63, 3.8) is 0 Å². The number of carbonyl (C=O) groups is 2. The number of rotatable bonds is 6. The number of amides is 3. The minimum Gasteiger partial charge on any atom is -0.484 e. The van der Waals surface area contributed by atoms with Crippen LogP contribution >= 0.6 is 23.2 Å². The molecule has 0 heterocycles. The summed E-state index contributed by atoms with van der Waals surface area (Å²) in [4.78, 5) is 23.6. The van der Waals surface area contributed by atoms with Crippen LogP contribution in [-0.4, -0.2) is 24.6 Å². The maximum absolute atomic E-state index is 12.0. The molecule has 0 bridgehead atoms. The Morgan fingerprint density at radius 2 is 1.62 bits per heavy atom. The summed E-state index contributed by atoms with van der Waals surface area (Å²) in [6.07, 6.45) is 2.06. The van der Waals surface area contributed by atoms with E-state index in [9.17, 15) is 9.59 Å². The molecule has 26 heavy (non-hydrogen) atoms. The summed E-state index contributed by atoms with van der Waals surface area (Å²) in [7, 11) is 0. The largest absolute Gasteiger partial charge is 0.484 e. The lowest BCUT2D eigenvalue weighted by Crippen LogP contribution is -2.30. The van der Waals surface area contributed by atoms with Gasteiger partial charge in [0.15, 0.2) is 6.61 Å². The number of urea groups is 1. The minimum absolute atomic E-state index is 0.165. The molecule has 1 fully saturated rings. The molecule has 0 spiro atoms. The number of benzene rings is 2. The second-order valence-electron chi connectivity index (χ2n) is 5.86. The van der Waals surface area contributed by atoms with Crippen LogP contribution in [0.15, 0.2) is 42.5 Å². The smallest absolute Gasteiger partial charge is 0.319 e. The fourth-order valence-corrected chi connectivity index (χ4v) is 2.42. The highest BCUT2D eigenvalue weighted by Crippen LogP contribution is 2.26. The zero-order valence-electron chi connectivity index (χ0n) is 13.7. The van der Waals surface area contributed by atoms with Gasteiger partial charge >= 0.3 is 6.03 Å². The van der Waals surface area contributed by atoms with Gasteiger partial charge in [-0.1, -0.05) is 23.2 Å². The Labute approximate surface area is 160 Å². The van der Waals surface area contributed by atoms with Crippen LogP contribution in [0.2, 0.25) is 10.0 Å². The van der Waals surface area contributed by atoms with Crippen LogP contribution in [0.25, 0.3) is 0 Å². The van der Waals surface area contributed by atoms with Crippen LogP contribution in [0.1, 0.15) is 12.8 Å². The average molecular weight is 394 g/mol. The first kappa shape index (κ1) is 18.4. The number of anilines is 2. The van der Waals surface area contributed by atoms with Crippen LogP contribution < -0.4 is 20.7 Å². The summed E-state index contributed by atoms with van der Waals surface area (Å²) < 4.78 is 5.37. The number of nitrogens with one attached hydrogen (secondary N) is 3. The van der Waals surface area contributed by atoms with Gasteiger partial charge in [0.25, 0.3) is 5.91 Å². The molecular formula is C18H17Cl2N3O3. The Balaban J connectivity index is 1.46. The highest BCUT2D eigenvalue weighted by atomic mass is 35.5. The second-order valence-corrected chi connectivity index (χ2v) is 6.68. The van der Waals surface area contributed by atoms with Crippen LogP contribution in [0, 0.1) is 0 Å². The van der Waals surface area contributed by atoms with Crippen molar-refractivity contribution >= 4 is 46.5 Å². The van der Waals surface area contributed by atoms with Crippen molar-refractivity contribution < 1.29 is 14.3 Å². The van der Waals surface area contributed by atoms with Gasteiger partial charge in [-0.2, -0.15) is 0 Å². The molecule has 0 aliphatic heterocycles. The lowest BCUT2D eigenvalue weighted by molar-refractivity contribution is -0.118. The fraction of sp³-hybridized carbons (Fsp3) is 0.222. The van der Waals surface area contributed by atoms with Crippen LogP contribution in [0.3, 0.4) is 0 Å². The Morgan fingerprint density at radius 3 is 2.23 bits per heavy atom. The topological polar surface area (TPSA) is 79.5 Å². The van der Waals surface area contributed by atoms with E-state index in [1.54, 1.807) is 42.5 Å². The zero-order chi connectivity index (χ0) is 18.5. The molecule has 3 N–H and O–H groups in total. The third kappa shape index (κ3) is 5.54. The van der Waals surface area contributed by atoms with E-state index < -0.39 is 0 Å². The fourth-order valence-electron chi connectivity index (χ4n) is 2.13. The summed E-state index contributed by atoms with van der Waals surface area (Å²) in [5.74, 6) is 0.138. The second kappa shape index (κ2) is 8.29. The molecule has 0 aromatic heterocycles. The number of hydrogen-bond acceptors (Lipinski definition) is 3. The van der Waals surface area contributed by atoms with Crippen molar-refractivity contribution in [1.82, 2.24) is 5.32 Å². The van der Waals surface area contributed by atoms with Gasteiger partial charge < -0.3 is 20.7 Å². The molecule has 136 valence electrons. The van der Waals surface area contributed by atoms with Crippen molar-refractivity contribution in [2.45, 2.75) is 18.9 Å². The maximum Gasteiger partial charge on any atom is 0.319 e. The van der Waals surface area contributed by atoms with Gasteiger partial charge in [-0.05, 0) is 49.2 Å². The maximum atomic E-state index is 12.0. The first-order valence-electron chi connectivity index (χ1n) is 8.05. The molecule has 6 nitrogen and oxygen atoms in total. The van der Waals surface area contributed by atoms with E-state index in [-0.39, 0.29) is 18.5 Å². The Kier molecular flexibility index (Phi) is 5.85. The monoisotopic (exact) mass is 393 g/mol. The molecule has 0 unspecified atom stereocenters. The Bertz CT molecular complexity index is 808. The van der Waals surface area contributed by atoms with E-state index in [0.29, 0.717) is 33.2 Å². The number of halogens is 2. The van der Waals surface area contributed by atoms with E-state index in [4.69, 9.17) is 27.9 Å². The molecule has 8 heteroatoms. The molecule has 1 aliphatic carbocycles. The summed E-state index contributed by atoms with van der Waals surface area (Å²) in [5.41, 5.74) is 1.24. The van der Waals surface area contributed by atoms with Crippen molar-refractivity contribution in [2.24, 2.45) is 0 Å². The molecule has 3 amide bonds. The van der Waals surface area contributed by atoms with Crippen LogP contribution in [0.4, 0.5) is 16.2 Å². The molecule has 3 rings (SSSR count). The molecule has 2 aromatic rings. The summed E-state index contributed by atoms with van der Waals surface area (Å²) in [6.45, 7) is -0.165. The predicted octanol–water partition coefficient (Wildman–Crippen LogP) is 4.29. The molecular weight excluding hydrogens is 377 g/mol. The van der Waals surface area contributed by atoms with Gasteiger partial charge in [0.2, 0.25) is 0 Å². The van der Waals surface area contributed by atoms with Crippen molar-refractivity contribution in [3.8, 4) is 5.75 Å². The SMILES string of the molecule is O=C(COc1ccc(Cl)c(Cl)c1)Nc1ccc(NC(=O)NC2CC2)cc1. The molecule has 0 atom stereocenters. The van der Waals surface area contributed by atoms with Gasteiger partial charge in [-0.3, -0.25) is 4.79 Å². The summed E-state index contributed by atoms with van der Waals surface area (Å²) in [6, 6.07) is 11.7. The quantitative estimate of drug-likeness (QED) is 0.684. The highest BCUT2D eigenvalue weighted by molar-refractivity contribution is 6.42. The number of ether oxygens (including phenoxy) is 1. The Morgan fingerprint density at radius 1 is 0.962 bits per heavy atom. The van der Waals surface area contributed by atoms with Crippen molar-refractivity contribution in [1.29, 1.82) is 0 Å². The average Bonchev–Trinajstić information content (AvgIpc) is 3.41. The zero-order valence-corrected chi connectivity index (χ0v) is 15.2. The van der Waals surface area contributed by atoms with E-state index in [0.717, 1.165) is 12.8 Å². The molecule has 0 radical (unpaired) electrons.